The molecule has 1 amide bonds. The van der Waals surface area contributed by atoms with Crippen molar-refractivity contribution < 1.29 is 9.53 Å². The van der Waals surface area contributed by atoms with E-state index >= 15 is 0 Å². The van der Waals surface area contributed by atoms with Gasteiger partial charge in [-0.25, -0.2) is 0 Å². The molecule has 0 bridgehead atoms. The van der Waals surface area contributed by atoms with Crippen molar-refractivity contribution in [3.05, 3.63) is 0 Å². The third-order valence-electron chi connectivity index (χ3n) is 5.32. The Hall–Kier alpha value is -0.610. The average molecular weight is 280 g/mol. The van der Waals surface area contributed by atoms with Gasteiger partial charge in [0, 0.05) is 19.8 Å². The van der Waals surface area contributed by atoms with Crippen LogP contribution in [-0.4, -0.2) is 42.3 Å². The van der Waals surface area contributed by atoms with Gasteiger partial charge in [-0.3, -0.25) is 10.1 Å². The van der Waals surface area contributed by atoms with Gasteiger partial charge in [-0.2, -0.15) is 0 Å². The SMILES string of the molecule is CC(C)C1NC2(CCCC2)C(=O)N1CCC1CCOC1. The van der Waals surface area contributed by atoms with Crippen LogP contribution in [0, 0.1) is 11.8 Å². The highest BCUT2D eigenvalue weighted by atomic mass is 16.5. The molecule has 2 saturated heterocycles. The third kappa shape index (κ3) is 2.48. The minimum atomic E-state index is -0.221. The molecule has 1 spiro atoms. The van der Waals surface area contributed by atoms with Gasteiger partial charge in [0.25, 0.3) is 0 Å². The number of hydrogen-bond acceptors (Lipinski definition) is 3. The van der Waals surface area contributed by atoms with Crippen LogP contribution < -0.4 is 5.32 Å². The van der Waals surface area contributed by atoms with Crippen molar-refractivity contribution >= 4 is 5.91 Å². The number of rotatable bonds is 4. The van der Waals surface area contributed by atoms with E-state index in [9.17, 15) is 4.79 Å². The average Bonchev–Trinajstić information content (AvgIpc) is 3.13. The van der Waals surface area contributed by atoms with E-state index in [1.54, 1.807) is 0 Å². The van der Waals surface area contributed by atoms with Gasteiger partial charge < -0.3 is 9.64 Å². The smallest absolute Gasteiger partial charge is 0.244 e. The fourth-order valence-corrected chi connectivity index (χ4v) is 4.06. The van der Waals surface area contributed by atoms with E-state index in [1.807, 2.05) is 0 Å². The zero-order valence-corrected chi connectivity index (χ0v) is 12.9. The van der Waals surface area contributed by atoms with Gasteiger partial charge in [-0.15, -0.1) is 0 Å². The summed E-state index contributed by atoms with van der Waals surface area (Å²) in [6.07, 6.45) is 6.90. The Morgan fingerprint density at radius 3 is 2.75 bits per heavy atom. The maximum atomic E-state index is 12.9. The largest absolute Gasteiger partial charge is 0.381 e. The maximum Gasteiger partial charge on any atom is 0.244 e. The molecule has 3 aliphatic rings. The Morgan fingerprint density at radius 1 is 1.40 bits per heavy atom. The van der Waals surface area contributed by atoms with Gasteiger partial charge in [0.05, 0.1) is 11.7 Å². The summed E-state index contributed by atoms with van der Waals surface area (Å²) in [5.41, 5.74) is -0.221. The van der Waals surface area contributed by atoms with Crippen molar-refractivity contribution in [2.24, 2.45) is 11.8 Å². The molecule has 114 valence electrons. The number of hydrogen-bond donors (Lipinski definition) is 1. The molecule has 0 radical (unpaired) electrons. The molecule has 1 saturated carbocycles. The topological polar surface area (TPSA) is 41.6 Å². The first-order chi connectivity index (χ1) is 9.62. The van der Waals surface area contributed by atoms with Crippen LogP contribution >= 0.6 is 0 Å². The fraction of sp³-hybridized carbons (Fsp3) is 0.938. The first kappa shape index (κ1) is 14.3. The summed E-state index contributed by atoms with van der Waals surface area (Å²) < 4.78 is 5.45. The fourth-order valence-electron chi connectivity index (χ4n) is 4.06. The molecule has 0 aromatic heterocycles. The molecule has 2 unspecified atom stereocenters. The monoisotopic (exact) mass is 280 g/mol. The van der Waals surface area contributed by atoms with Crippen LogP contribution in [0.5, 0.6) is 0 Å². The Balaban J connectivity index is 1.67. The molecule has 4 nitrogen and oxygen atoms in total. The predicted molar refractivity (Wildman–Crippen MR) is 78.2 cm³/mol. The quantitative estimate of drug-likeness (QED) is 0.858. The Labute approximate surface area is 122 Å². The normalized spacial score (nSPS) is 33.0. The van der Waals surface area contributed by atoms with E-state index in [-0.39, 0.29) is 11.7 Å². The molecular weight excluding hydrogens is 252 g/mol. The molecule has 2 heterocycles. The molecule has 3 rings (SSSR count). The molecule has 1 aliphatic carbocycles. The van der Waals surface area contributed by atoms with Crippen LogP contribution in [0.1, 0.15) is 52.4 Å². The minimum Gasteiger partial charge on any atom is -0.381 e. The second kappa shape index (κ2) is 5.64. The van der Waals surface area contributed by atoms with Crippen molar-refractivity contribution in [3.63, 3.8) is 0 Å². The lowest BCUT2D eigenvalue weighted by molar-refractivity contribution is -0.133. The molecular formula is C16H28N2O2. The molecule has 0 aromatic rings. The van der Waals surface area contributed by atoms with Crippen LogP contribution in [0.25, 0.3) is 0 Å². The van der Waals surface area contributed by atoms with Crippen molar-refractivity contribution in [1.29, 1.82) is 0 Å². The third-order valence-corrected chi connectivity index (χ3v) is 5.32. The second-order valence-electron chi connectivity index (χ2n) is 7.14. The molecule has 2 atom stereocenters. The van der Waals surface area contributed by atoms with E-state index in [1.165, 1.54) is 12.8 Å². The lowest BCUT2D eigenvalue weighted by Gasteiger charge is -2.28. The number of nitrogens with zero attached hydrogens (tertiary/aromatic N) is 1. The summed E-state index contributed by atoms with van der Waals surface area (Å²) in [5.74, 6) is 1.49. The zero-order valence-electron chi connectivity index (χ0n) is 12.9. The van der Waals surface area contributed by atoms with Crippen LogP contribution in [-0.2, 0) is 9.53 Å². The summed E-state index contributed by atoms with van der Waals surface area (Å²) in [4.78, 5) is 15.0. The lowest BCUT2D eigenvalue weighted by Crippen LogP contribution is -2.45. The van der Waals surface area contributed by atoms with Gasteiger partial charge in [0.15, 0.2) is 0 Å². The Bertz CT molecular complexity index is 357. The van der Waals surface area contributed by atoms with E-state index in [4.69, 9.17) is 4.74 Å². The second-order valence-corrected chi connectivity index (χ2v) is 7.14. The summed E-state index contributed by atoms with van der Waals surface area (Å²) in [5, 5.41) is 3.69. The predicted octanol–water partition coefficient (Wildman–Crippen LogP) is 2.14. The van der Waals surface area contributed by atoms with Gasteiger partial charge in [-0.05, 0) is 37.5 Å². The first-order valence-electron chi connectivity index (χ1n) is 8.29. The van der Waals surface area contributed by atoms with Gasteiger partial charge in [-0.1, -0.05) is 26.7 Å². The van der Waals surface area contributed by atoms with Crippen LogP contribution in [0.15, 0.2) is 0 Å². The maximum absolute atomic E-state index is 12.9. The molecule has 4 heteroatoms. The van der Waals surface area contributed by atoms with Crippen molar-refractivity contribution in [1.82, 2.24) is 10.2 Å². The highest BCUT2D eigenvalue weighted by Crippen LogP contribution is 2.38. The van der Waals surface area contributed by atoms with Crippen LogP contribution in [0.4, 0.5) is 0 Å². The van der Waals surface area contributed by atoms with Crippen LogP contribution in [0.2, 0.25) is 0 Å². The summed E-state index contributed by atoms with van der Waals surface area (Å²) in [6, 6.07) is 0. The van der Waals surface area contributed by atoms with Crippen molar-refractivity contribution in [3.8, 4) is 0 Å². The number of carbonyl (C=O) groups excluding carboxylic acids is 1. The van der Waals surface area contributed by atoms with E-state index in [0.29, 0.717) is 17.7 Å². The number of amides is 1. The van der Waals surface area contributed by atoms with Crippen molar-refractivity contribution in [2.45, 2.75) is 64.1 Å². The van der Waals surface area contributed by atoms with E-state index in [0.717, 1.165) is 45.4 Å². The van der Waals surface area contributed by atoms with Crippen molar-refractivity contribution in [2.75, 3.05) is 19.8 Å². The number of ether oxygens (including phenoxy) is 1. The summed E-state index contributed by atoms with van der Waals surface area (Å²) in [6.45, 7) is 7.10. The van der Waals surface area contributed by atoms with Crippen LogP contribution in [0.3, 0.4) is 0 Å². The highest BCUT2D eigenvalue weighted by molar-refractivity contribution is 5.89. The first-order valence-corrected chi connectivity index (χ1v) is 8.29. The van der Waals surface area contributed by atoms with E-state index < -0.39 is 0 Å². The Morgan fingerprint density at radius 2 is 2.15 bits per heavy atom. The molecule has 2 aliphatic heterocycles. The molecule has 3 fully saturated rings. The standard InChI is InChI=1S/C16H28N2O2/c1-12(2)14-17-16(7-3-4-8-16)15(19)18(14)9-5-13-6-10-20-11-13/h12-14,17H,3-11H2,1-2H3. The molecule has 1 N–H and O–H groups in total. The molecule has 0 aromatic carbocycles. The van der Waals surface area contributed by atoms with E-state index in [2.05, 4.69) is 24.1 Å². The zero-order chi connectivity index (χ0) is 14.2. The Kier molecular flexibility index (Phi) is 4.04. The highest BCUT2D eigenvalue weighted by Gasteiger charge is 2.52. The number of carbonyl (C=O) groups is 1. The van der Waals surface area contributed by atoms with Gasteiger partial charge in [0.1, 0.15) is 0 Å². The summed E-state index contributed by atoms with van der Waals surface area (Å²) in [7, 11) is 0. The summed E-state index contributed by atoms with van der Waals surface area (Å²) >= 11 is 0. The van der Waals surface area contributed by atoms with Gasteiger partial charge >= 0.3 is 0 Å². The molecule has 20 heavy (non-hydrogen) atoms. The van der Waals surface area contributed by atoms with Gasteiger partial charge in [0.2, 0.25) is 5.91 Å². The lowest BCUT2D eigenvalue weighted by atomic mass is 9.97. The number of nitrogens with one attached hydrogen (secondary N) is 1. The minimum absolute atomic E-state index is 0.221.